The molecule has 1 aromatic carbocycles. The van der Waals surface area contributed by atoms with E-state index in [1.165, 1.54) is 0 Å². The topological polar surface area (TPSA) is 58.4 Å². The standard InChI is InChI=1S/C17H18ClN3O2/c18-12-3-1-11(2-4-12)16-9-15(20-23-16)17(22)21-13-5-6-14(21)10-19-8-7-13/h1-4,9,13-14,19H,5-8,10H2. The van der Waals surface area contributed by atoms with Crippen molar-refractivity contribution in [2.45, 2.75) is 31.3 Å². The highest BCUT2D eigenvalue weighted by Gasteiger charge is 2.39. The lowest BCUT2D eigenvalue weighted by Gasteiger charge is -2.26. The zero-order chi connectivity index (χ0) is 15.8. The fourth-order valence-corrected chi connectivity index (χ4v) is 3.70. The smallest absolute Gasteiger partial charge is 0.276 e. The van der Waals surface area contributed by atoms with Crippen LogP contribution in [0.3, 0.4) is 0 Å². The van der Waals surface area contributed by atoms with Gasteiger partial charge in [0.2, 0.25) is 0 Å². The lowest BCUT2D eigenvalue weighted by molar-refractivity contribution is 0.0669. The molecule has 2 unspecified atom stereocenters. The second kappa shape index (κ2) is 5.98. The number of hydrogen-bond acceptors (Lipinski definition) is 4. The number of fused-ring (bicyclic) bond motifs is 2. The van der Waals surface area contributed by atoms with E-state index in [0.29, 0.717) is 22.5 Å². The third-order valence-corrected chi connectivity index (χ3v) is 5.00. The molecule has 23 heavy (non-hydrogen) atoms. The molecule has 120 valence electrons. The average Bonchev–Trinajstić information content (AvgIpc) is 3.11. The van der Waals surface area contributed by atoms with E-state index in [2.05, 4.69) is 10.5 Å². The molecular weight excluding hydrogens is 314 g/mol. The zero-order valence-electron chi connectivity index (χ0n) is 12.7. The molecule has 3 heterocycles. The molecule has 1 N–H and O–H groups in total. The van der Waals surface area contributed by atoms with Gasteiger partial charge < -0.3 is 14.7 Å². The third kappa shape index (κ3) is 2.75. The van der Waals surface area contributed by atoms with Crippen molar-refractivity contribution in [3.63, 3.8) is 0 Å². The summed E-state index contributed by atoms with van der Waals surface area (Å²) >= 11 is 5.90. The van der Waals surface area contributed by atoms with E-state index in [1.54, 1.807) is 18.2 Å². The quantitative estimate of drug-likeness (QED) is 0.919. The van der Waals surface area contributed by atoms with Gasteiger partial charge in [0.15, 0.2) is 11.5 Å². The maximum absolute atomic E-state index is 12.9. The third-order valence-electron chi connectivity index (χ3n) is 4.75. The molecule has 4 rings (SSSR count). The predicted octanol–water partition coefficient (Wildman–Crippen LogP) is 2.96. The fraction of sp³-hybridized carbons (Fsp3) is 0.412. The van der Waals surface area contributed by atoms with E-state index < -0.39 is 0 Å². The molecule has 0 aliphatic carbocycles. The van der Waals surface area contributed by atoms with Gasteiger partial charge in [0.1, 0.15) is 0 Å². The van der Waals surface area contributed by atoms with Gasteiger partial charge in [-0.2, -0.15) is 0 Å². The van der Waals surface area contributed by atoms with Crippen molar-refractivity contribution in [2.75, 3.05) is 13.1 Å². The summed E-state index contributed by atoms with van der Waals surface area (Å²) in [5.74, 6) is 0.565. The van der Waals surface area contributed by atoms with E-state index in [-0.39, 0.29) is 11.9 Å². The van der Waals surface area contributed by atoms with Gasteiger partial charge in [0.05, 0.1) is 0 Å². The van der Waals surface area contributed by atoms with Crippen LogP contribution in [-0.2, 0) is 0 Å². The van der Waals surface area contributed by atoms with Crippen LogP contribution in [0, 0.1) is 0 Å². The molecule has 2 aliphatic rings. The summed E-state index contributed by atoms with van der Waals surface area (Å²) in [5, 5.41) is 8.06. The number of carbonyl (C=O) groups excluding carboxylic acids is 1. The van der Waals surface area contributed by atoms with Crippen LogP contribution in [0.5, 0.6) is 0 Å². The summed E-state index contributed by atoms with van der Waals surface area (Å²) in [6.07, 6.45) is 3.15. The molecule has 0 radical (unpaired) electrons. The van der Waals surface area contributed by atoms with Crippen molar-refractivity contribution in [2.24, 2.45) is 0 Å². The second-order valence-corrected chi connectivity index (χ2v) is 6.61. The summed E-state index contributed by atoms with van der Waals surface area (Å²) in [6, 6.07) is 9.61. The minimum absolute atomic E-state index is 0.0230. The lowest BCUT2D eigenvalue weighted by Crippen LogP contribution is -2.42. The van der Waals surface area contributed by atoms with Crippen molar-refractivity contribution >= 4 is 17.5 Å². The monoisotopic (exact) mass is 331 g/mol. The molecule has 5 nitrogen and oxygen atoms in total. The number of rotatable bonds is 2. The maximum Gasteiger partial charge on any atom is 0.276 e. The summed E-state index contributed by atoms with van der Waals surface area (Å²) in [6.45, 7) is 1.84. The van der Waals surface area contributed by atoms with Crippen LogP contribution >= 0.6 is 11.6 Å². The Kier molecular flexibility index (Phi) is 3.83. The Morgan fingerprint density at radius 3 is 2.83 bits per heavy atom. The van der Waals surface area contributed by atoms with Crippen molar-refractivity contribution in [3.8, 4) is 11.3 Å². The molecule has 2 saturated heterocycles. The van der Waals surface area contributed by atoms with Gasteiger partial charge in [0.25, 0.3) is 5.91 Å². The van der Waals surface area contributed by atoms with Crippen molar-refractivity contribution < 1.29 is 9.32 Å². The van der Waals surface area contributed by atoms with Crippen molar-refractivity contribution in [1.82, 2.24) is 15.4 Å². The first kappa shape index (κ1) is 14.7. The Balaban J connectivity index is 1.59. The molecule has 0 spiro atoms. The van der Waals surface area contributed by atoms with Crippen LogP contribution in [0.2, 0.25) is 5.02 Å². The highest BCUT2D eigenvalue weighted by molar-refractivity contribution is 6.30. The number of aromatic nitrogens is 1. The summed E-state index contributed by atoms with van der Waals surface area (Å²) in [4.78, 5) is 14.9. The molecule has 6 heteroatoms. The summed E-state index contributed by atoms with van der Waals surface area (Å²) in [5.41, 5.74) is 1.25. The van der Waals surface area contributed by atoms with E-state index in [9.17, 15) is 4.79 Å². The number of halogens is 1. The molecule has 2 bridgehead atoms. The van der Waals surface area contributed by atoms with Crippen molar-refractivity contribution in [3.05, 3.63) is 41.0 Å². The van der Waals surface area contributed by atoms with Crippen LogP contribution in [-0.4, -0.2) is 41.1 Å². The van der Waals surface area contributed by atoms with Crippen LogP contribution in [0.15, 0.2) is 34.9 Å². The molecule has 1 amide bonds. The number of benzene rings is 1. The van der Waals surface area contributed by atoms with Crippen molar-refractivity contribution in [1.29, 1.82) is 0 Å². The van der Waals surface area contributed by atoms with Gasteiger partial charge in [-0.25, -0.2) is 0 Å². The minimum Gasteiger partial charge on any atom is -0.355 e. The fourth-order valence-electron chi connectivity index (χ4n) is 3.57. The van der Waals surface area contributed by atoms with Crippen LogP contribution in [0.1, 0.15) is 29.8 Å². The molecule has 2 fully saturated rings. The minimum atomic E-state index is -0.0230. The molecule has 2 aromatic rings. The maximum atomic E-state index is 12.9. The summed E-state index contributed by atoms with van der Waals surface area (Å²) < 4.78 is 5.37. The van der Waals surface area contributed by atoms with Gasteiger partial charge in [-0.1, -0.05) is 16.8 Å². The Labute approximate surface area is 139 Å². The van der Waals surface area contributed by atoms with Crippen LogP contribution < -0.4 is 5.32 Å². The van der Waals surface area contributed by atoms with Gasteiger partial charge in [0, 0.05) is 35.3 Å². The number of amides is 1. The Morgan fingerprint density at radius 2 is 2.00 bits per heavy atom. The number of nitrogens with one attached hydrogen (secondary N) is 1. The molecule has 2 aliphatic heterocycles. The number of nitrogens with zero attached hydrogens (tertiary/aromatic N) is 2. The van der Waals surface area contributed by atoms with Gasteiger partial charge in [-0.15, -0.1) is 0 Å². The molecule has 0 saturated carbocycles. The molecule has 2 atom stereocenters. The number of hydrogen-bond donors (Lipinski definition) is 1. The lowest BCUT2D eigenvalue weighted by atomic mass is 10.1. The van der Waals surface area contributed by atoms with Gasteiger partial charge in [-0.05, 0) is 50.1 Å². The van der Waals surface area contributed by atoms with Gasteiger partial charge in [-0.3, -0.25) is 4.79 Å². The first-order valence-corrected chi connectivity index (χ1v) is 8.36. The Hall–Kier alpha value is -1.85. The normalized spacial score (nSPS) is 23.8. The zero-order valence-corrected chi connectivity index (χ0v) is 13.4. The average molecular weight is 332 g/mol. The van der Waals surface area contributed by atoms with Gasteiger partial charge >= 0.3 is 0 Å². The molecular formula is C17H18ClN3O2. The SMILES string of the molecule is O=C(c1cc(-c2ccc(Cl)cc2)on1)N1C2CCNCC1CC2. The first-order valence-electron chi connectivity index (χ1n) is 7.98. The van der Waals surface area contributed by atoms with E-state index >= 15 is 0 Å². The first-order chi connectivity index (χ1) is 11.2. The largest absolute Gasteiger partial charge is 0.355 e. The predicted molar refractivity (Wildman–Crippen MR) is 87.4 cm³/mol. The van der Waals surface area contributed by atoms with Crippen LogP contribution in [0.25, 0.3) is 11.3 Å². The Bertz CT molecular complexity index is 699. The second-order valence-electron chi connectivity index (χ2n) is 6.17. The van der Waals surface area contributed by atoms with E-state index in [0.717, 1.165) is 37.9 Å². The number of carbonyl (C=O) groups is 1. The highest BCUT2D eigenvalue weighted by Crippen LogP contribution is 2.30. The molecule has 1 aromatic heterocycles. The van der Waals surface area contributed by atoms with E-state index in [4.69, 9.17) is 16.1 Å². The highest BCUT2D eigenvalue weighted by atomic mass is 35.5. The van der Waals surface area contributed by atoms with E-state index in [1.807, 2.05) is 17.0 Å². The summed E-state index contributed by atoms with van der Waals surface area (Å²) in [7, 11) is 0. The van der Waals surface area contributed by atoms with Crippen LogP contribution in [0.4, 0.5) is 0 Å². The Morgan fingerprint density at radius 1 is 1.22 bits per heavy atom.